The summed E-state index contributed by atoms with van der Waals surface area (Å²) in [5.74, 6) is 1.86. The molecular formula is C12H15N3O2S. The van der Waals surface area contributed by atoms with Gasteiger partial charge in [0.15, 0.2) is 5.82 Å². The van der Waals surface area contributed by atoms with Crippen LogP contribution in [0.25, 0.3) is 11.5 Å². The first-order valence-corrected chi connectivity index (χ1v) is 6.82. The number of hydrogen-bond donors (Lipinski definition) is 1. The van der Waals surface area contributed by atoms with Gasteiger partial charge in [0.05, 0.1) is 17.5 Å². The Balaban J connectivity index is 2.06. The number of hydrogen-bond acceptors (Lipinski definition) is 6. The van der Waals surface area contributed by atoms with Gasteiger partial charge < -0.3 is 9.63 Å². The van der Waals surface area contributed by atoms with E-state index in [2.05, 4.69) is 29.0 Å². The number of thioether (sulfide) groups is 1. The molecule has 96 valence electrons. The average molecular weight is 265 g/mol. The molecule has 0 amide bonds. The maximum atomic E-state index is 9.33. The smallest absolute Gasteiger partial charge is 0.259 e. The summed E-state index contributed by atoms with van der Waals surface area (Å²) in [6.45, 7) is 4.32. The van der Waals surface area contributed by atoms with Crippen LogP contribution in [-0.2, 0) is 5.75 Å². The molecule has 0 saturated heterocycles. The maximum Gasteiger partial charge on any atom is 0.259 e. The zero-order chi connectivity index (χ0) is 13.0. The number of nitrogens with zero attached hydrogens (tertiary/aromatic N) is 3. The molecule has 1 N–H and O–H groups in total. The molecule has 5 nitrogen and oxygen atoms in total. The fourth-order valence-electron chi connectivity index (χ4n) is 1.31. The van der Waals surface area contributed by atoms with Crippen LogP contribution in [-0.4, -0.2) is 25.5 Å². The van der Waals surface area contributed by atoms with Gasteiger partial charge in [-0.1, -0.05) is 19.0 Å². The zero-order valence-corrected chi connectivity index (χ0v) is 11.1. The lowest BCUT2D eigenvalue weighted by Gasteiger charge is -2.04. The molecule has 0 aromatic carbocycles. The van der Waals surface area contributed by atoms with Crippen LogP contribution in [0.4, 0.5) is 0 Å². The van der Waals surface area contributed by atoms with Crippen molar-refractivity contribution in [2.24, 2.45) is 0 Å². The summed E-state index contributed by atoms with van der Waals surface area (Å²) in [6.07, 6.45) is 4.06. The first-order chi connectivity index (χ1) is 8.69. The number of aromatic nitrogens is 3. The van der Waals surface area contributed by atoms with Gasteiger partial charge in [-0.25, -0.2) is 0 Å². The van der Waals surface area contributed by atoms with E-state index in [1.807, 2.05) is 0 Å². The van der Waals surface area contributed by atoms with E-state index in [-0.39, 0.29) is 5.75 Å². The van der Waals surface area contributed by atoms with Gasteiger partial charge in [-0.3, -0.25) is 4.98 Å². The Bertz CT molecular complexity index is 516. The van der Waals surface area contributed by atoms with Crippen molar-refractivity contribution in [1.82, 2.24) is 15.1 Å². The molecule has 18 heavy (non-hydrogen) atoms. The predicted molar refractivity (Wildman–Crippen MR) is 70.2 cm³/mol. The Morgan fingerprint density at radius 2 is 2.28 bits per heavy atom. The van der Waals surface area contributed by atoms with Crippen LogP contribution in [0.3, 0.4) is 0 Å². The van der Waals surface area contributed by atoms with E-state index in [4.69, 9.17) is 4.52 Å². The van der Waals surface area contributed by atoms with Crippen LogP contribution in [0.1, 0.15) is 26.1 Å². The van der Waals surface area contributed by atoms with Gasteiger partial charge in [0.1, 0.15) is 5.75 Å². The minimum Gasteiger partial charge on any atom is -0.506 e. The minimum atomic E-state index is 0.0845. The molecule has 0 saturated carbocycles. The first-order valence-electron chi connectivity index (χ1n) is 5.77. The van der Waals surface area contributed by atoms with Gasteiger partial charge >= 0.3 is 0 Å². The normalized spacial score (nSPS) is 12.6. The molecule has 0 aliphatic rings. The third-order valence-electron chi connectivity index (χ3n) is 2.51. The third kappa shape index (κ3) is 3.22. The Labute approximate surface area is 110 Å². The molecule has 0 radical (unpaired) electrons. The second-order valence-electron chi connectivity index (χ2n) is 3.98. The van der Waals surface area contributed by atoms with Crippen molar-refractivity contribution in [1.29, 1.82) is 0 Å². The molecule has 2 heterocycles. The van der Waals surface area contributed by atoms with E-state index in [1.165, 1.54) is 6.20 Å². The molecule has 2 aromatic heterocycles. The van der Waals surface area contributed by atoms with Crippen molar-refractivity contribution in [3.05, 3.63) is 24.3 Å². The molecule has 0 bridgehead atoms. The third-order valence-corrected chi connectivity index (χ3v) is 3.84. The summed E-state index contributed by atoms with van der Waals surface area (Å²) >= 11 is 1.79. The molecule has 1 atom stereocenters. The highest BCUT2D eigenvalue weighted by atomic mass is 32.2. The van der Waals surface area contributed by atoms with E-state index in [0.717, 1.165) is 12.2 Å². The molecule has 0 fully saturated rings. The van der Waals surface area contributed by atoms with Crippen LogP contribution >= 0.6 is 11.8 Å². The summed E-state index contributed by atoms with van der Waals surface area (Å²) in [7, 11) is 0. The Hall–Kier alpha value is -1.56. The highest BCUT2D eigenvalue weighted by Crippen LogP contribution is 2.22. The Morgan fingerprint density at radius 1 is 1.44 bits per heavy atom. The molecule has 6 heteroatoms. The highest BCUT2D eigenvalue weighted by Gasteiger charge is 2.10. The number of aromatic hydroxyl groups is 1. The average Bonchev–Trinajstić information content (AvgIpc) is 2.84. The van der Waals surface area contributed by atoms with Crippen molar-refractivity contribution >= 4 is 11.8 Å². The van der Waals surface area contributed by atoms with Crippen molar-refractivity contribution in [3.63, 3.8) is 0 Å². The van der Waals surface area contributed by atoms with Crippen molar-refractivity contribution in [2.75, 3.05) is 0 Å². The SMILES string of the molecule is CCC(C)SCc1noc(-c2cncc(O)c2)n1. The van der Waals surface area contributed by atoms with Crippen molar-refractivity contribution in [3.8, 4) is 17.2 Å². The van der Waals surface area contributed by atoms with Crippen LogP contribution in [0.2, 0.25) is 0 Å². The quantitative estimate of drug-likeness (QED) is 0.896. The second-order valence-corrected chi connectivity index (χ2v) is 5.40. The van der Waals surface area contributed by atoms with Crippen LogP contribution < -0.4 is 0 Å². The lowest BCUT2D eigenvalue weighted by atomic mass is 10.3. The predicted octanol–water partition coefficient (Wildman–Crippen LogP) is 2.87. The first kappa shape index (κ1) is 12.9. The van der Waals surface area contributed by atoms with Gasteiger partial charge in [0, 0.05) is 11.4 Å². The summed E-state index contributed by atoms with van der Waals surface area (Å²) in [4.78, 5) is 8.15. The summed E-state index contributed by atoms with van der Waals surface area (Å²) in [6, 6.07) is 1.55. The molecule has 0 spiro atoms. The number of pyridine rings is 1. The molecule has 0 aliphatic carbocycles. The molecule has 2 rings (SSSR count). The van der Waals surface area contributed by atoms with Crippen LogP contribution in [0.15, 0.2) is 23.0 Å². The van der Waals surface area contributed by atoms with Gasteiger partial charge in [-0.05, 0) is 12.5 Å². The summed E-state index contributed by atoms with van der Waals surface area (Å²) in [5.41, 5.74) is 0.627. The van der Waals surface area contributed by atoms with Crippen molar-refractivity contribution in [2.45, 2.75) is 31.3 Å². The van der Waals surface area contributed by atoms with E-state index in [9.17, 15) is 5.11 Å². The molecule has 2 aromatic rings. The van der Waals surface area contributed by atoms with Crippen LogP contribution in [0.5, 0.6) is 5.75 Å². The zero-order valence-electron chi connectivity index (χ0n) is 10.3. The lowest BCUT2D eigenvalue weighted by molar-refractivity contribution is 0.424. The largest absolute Gasteiger partial charge is 0.506 e. The number of rotatable bonds is 5. The van der Waals surface area contributed by atoms with Gasteiger partial charge in [-0.15, -0.1) is 0 Å². The second kappa shape index (κ2) is 5.86. The lowest BCUT2D eigenvalue weighted by Crippen LogP contribution is -1.94. The van der Waals surface area contributed by atoms with E-state index in [0.29, 0.717) is 22.5 Å². The van der Waals surface area contributed by atoms with E-state index >= 15 is 0 Å². The Morgan fingerprint density at radius 3 is 3.00 bits per heavy atom. The molecule has 0 aliphatic heterocycles. The van der Waals surface area contributed by atoms with Gasteiger partial charge in [0.25, 0.3) is 5.89 Å². The van der Waals surface area contributed by atoms with E-state index < -0.39 is 0 Å². The van der Waals surface area contributed by atoms with Gasteiger partial charge in [-0.2, -0.15) is 16.7 Å². The van der Waals surface area contributed by atoms with E-state index in [1.54, 1.807) is 24.0 Å². The van der Waals surface area contributed by atoms with Gasteiger partial charge in [0.2, 0.25) is 0 Å². The maximum absolute atomic E-state index is 9.33. The van der Waals surface area contributed by atoms with Crippen LogP contribution in [0, 0.1) is 0 Å². The topological polar surface area (TPSA) is 72.0 Å². The highest BCUT2D eigenvalue weighted by molar-refractivity contribution is 7.99. The molecule has 1 unspecified atom stereocenters. The van der Waals surface area contributed by atoms with Crippen molar-refractivity contribution < 1.29 is 9.63 Å². The molecular weight excluding hydrogens is 250 g/mol. The fraction of sp³-hybridized carbons (Fsp3) is 0.417. The summed E-state index contributed by atoms with van der Waals surface area (Å²) < 4.78 is 5.15. The Kier molecular flexibility index (Phi) is 4.19. The monoisotopic (exact) mass is 265 g/mol. The minimum absolute atomic E-state index is 0.0845. The standard InChI is InChI=1S/C12H15N3O2S/c1-3-8(2)18-7-11-14-12(17-15-11)9-4-10(16)6-13-5-9/h4-6,8,16H,3,7H2,1-2H3. The fourth-order valence-corrected chi connectivity index (χ4v) is 2.10. The summed E-state index contributed by atoms with van der Waals surface area (Å²) in [5, 5.41) is 13.8.